The van der Waals surface area contributed by atoms with Gasteiger partial charge in [0.25, 0.3) is 0 Å². The van der Waals surface area contributed by atoms with Crippen LogP contribution in [0.2, 0.25) is 10.0 Å². The molecule has 0 radical (unpaired) electrons. The summed E-state index contributed by atoms with van der Waals surface area (Å²) < 4.78 is 40.4. The molecule has 0 aliphatic carbocycles. The zero-order valence-corrected chi connectivity index (χ0v) is 25.4. The fourth-order valence-corrected chi connectivity index (χ4v) is 5.89. The number of anilines is 1. The lowest BCUT2D eigenvalue weighted by atomic mass is 10.0. The Balaban J connectivity index is 1.92. The second kappa shape index (κ2) is 15.2. The van der Waals surface area contributed by atoms with Crippen molar-refractivity contribution in [1.82, 2.24) is 10.2 Å². The number of hydrogen-bond acceptors (Lipinski definition) is 4. The summed E-state index contributed by atoms with van der Waals surface area (Å²) in [5, 5.41) is 3.60. The van der Waals surface area contributed by atoms with E-state index in [2.05, 4.69) is 5.32 Å². The van der Waals surface area contributed by atoms with Gasteiger partial charge in [0, 0.05) is 48.1 Å². The first-order valence-electron chi connectivity index (χ1n) is 13.3. The van der Waals surface area contributed by atoms with Crippen LogP contribution in [0.4, 0.5) is 10.1 Å². The minimum absolute atomic E-state index is 0.0303. The van der Waals surface area contributed by atoms with Crippen LogP contribution in [0.5, 0.6) is 0 Å². The average molecular weight is 623 g/mol. The minimum atomic E-state index is -3.83. The van der Waals surface area contributed by atoms with Gasteiger partial charge >= 0.3 is 0 Å². The van der Waals surface area contributed by atoms with Crippen LogP contribution < -0.4 is 9.62 Å². The molecule has 3 aromatic carbocycles. The molecule has 1 N–H and O–H groups in total. The summed E-state index contributed by atoms with van der Waals surface area (Å²) in [7, 11) is -3.83. The van der Waals surface area contributed by atoms with E-state index in [1.54, 1.807) is 24.3 Å². The van der Waals surface area contributed by atoms with Crippen molar-refractivity contribution >= 4 is 50.7 Å². The summed E-state index contributed by atoms with van der Waals surface area (Å²) in [6.07, 6.45) is 1.93. The van der Waals surface area contributed by atoms with E-state index in [1.807, 2.05) is 37.3 Å². The lowest BCUT2D eigenvalue weighted by Gasteiger charge is -2.32. The molecule has 1 unspecified atom stereocenters. The zero-order valence-electron chi connectivity index (χ0n) is 23.0. The third-order valence-electron chi connectivity index (χ3n) is 6.48. The first-order chi connectivity index (χ1) is 19.5. The summed E-state index contributed by atoms with van der Waals surface area (Å²) in [4.78, 5) is 28.7. The molecule has 7 nitrogen and oxygen atoms in total. The number of benzene rings is 3. The van der Waals surface area contributed by atoms with Gasteiger partial charge in [-0.3, -0.25) is 13.9 Å². The highest BCUT2D eigenvalue weighted by molar-refractivity contribution is 7.92. The molecule has 0 heterocycles. The van der Waals surface area contributed by atoms with Crippen LogP contribution in [0.3, 0.4) is 0 Å². The van der Waals surface area contributed by atoms with E-state index >= 15 is 0 Å². The molecule has 2 amide bonds. The number of nitrogens with one attached hydrogen (secondary N) is 1. The van der Waals surface area contributed by atoms with Crippen LogP contribution in [-0.2, 0) is 32.6 Å². The van der Waals surface area contributed by atoms with Crippen LogP contribution in [-0.4, -0.2) is 50.5 Å². The molecule has 220 valence electrons. The third-order valence-corrected chi connectivity index (χ3v) is 8.37. The van der Waals surface area contributed by atoms with Crippen molar-refractivity contribution in [3.8, 4) is 0 Å². The second-order valence-electron chi connectivity index (χ2n) is 9.61. The van der Waals surface area contributed by atoms with E-state index in [9.17, 15) is 22.4 Å². The molecule has 0 aliphatic rings. The van der Waals surface area contributed by atoms with Crippen molar-refractivity contribution in [2.75, 3.05) is 23.7 Å². The molecule has 1 atom stereocenters. The van der Waals surface area contributed by atoms with Gasteiger partial charge in [0.05, 0.1) is 11.9 Å². The number of para-hydroxylation sites is 1. The van der Waals surface area contributed by atoms with E-state index < -0.39 is 27.8 Å². The summed E-state index contributed by atoms with van der Waals surface area (Å²) >= 11 is 12.9. The SMILES string of the molecule is CCCNC(=O)C(Cc1ccccc1)N(Cc1c(Cl)cccc1Cl)C(=O)CCCN(c1ccccc1F)S(C)(=O)=O. The number of carbonyl (C=O) groups is 2. The zero-order chi connectivity index (χ0) is 30.0. The summed E-state index contributed by atoms with van der Waals surface area (Å²) in [5.41, 5.74) is 1.26. The summed E-state index contributed by atoms with van der Waals surface area (Å²) in [5.74, 6) is -1.40. The fraction of sp³-hybridized carbons (Fsp3) is 0.333. The first-order valence-corrected chi connectivity index (χ1v) is 15.9. The maximum atomic E-state index is 14.5. The Morgan fingerprint density at radius 2 is 1.59 bits per heavy atom. The average Bonchev–Trinajstić information content (AvgIpc) is 2.93. The molecule has 0 spiro atoms. The number of rotatable bonds is 14. The van der Waals surface area contributed by atoms with Crippen molar-refractivity contribution in [1.29, 1.82) is 0 Å². The first kappa shape index (κ1) is 32.4. The summed E-state index contributed by atoms with van der Waals surface area (Å²) in [6, 6.07) is 19.0. The molecule has 0 bridgehead atoms. The topological polar surface area (TPSA) is 86.8 Å². The molecule has 0 aromatic heterocycles. The number of hydrogen-bond donors (Lipinski definition) is 1. The molecule has 0 saturated carbocycles. The van der Waals surface area contributed by atoms with Crippen LogP contribution in [0.1, 0.15) is 37.3 Å². The third kappa shape index (κ3) is 9.18. The van der Waals surface area contributed by atoms with Crippen molar-refractivity contribution < 1.29 is 22.4 Å². The molecular formula is C30H34Cl2FN3O4S. The number of nitrogens with zero attached hydrogens (tertiary/aromatic N) is 2. The van der Waals surface area contributed by atoms with E-state index in [-0.39, 0.29) is 43.9 Å². The predicted molar refractivity (Wildman–Crippen MR) is 162 cm³/mol. The number of amides is 2. The lowest BCUT2D eigenvalue weighted by molar-refractivity contribution is -0.141. The Hall–Kier alpha value is -3.14. The van der Waals surface area contributed by atoms with Gasteiger partial charge in [0.1, 0.15) is 11.9 Å². The van der Waals surface area contributed by atoms with E-state index in [0.29, 0.717) is 28.6 Å². The van der Waals surface area contributed by atoms with Gasteiger partial charge in [-0.05, 0) is 42.7 Å². The normalized spacial score (nSPS) is 12.0. The van der Waals surface area contributed by atoms with Gasteiger partial charge in [0.2, 0.25) is 21.8 Å². The highest BCUT2D eigenvalue weighted by Crippen LogP contribution is 2.28. The monoisotopic (exact) mass is 621 g/mol. The molecule has 0 aliphatic heterocycles. The molecule has 3 aromatic rings. The van der Waals surface area contributed by atoms with Crippen molar-refractivity contribution in [3.63, 3.8) is 0 Å². The van der Waals surface area contributed by atoms with E-state index in [4.69, 9.17) is 23.2 Å². The van der Waals surface area contributed by atoms with Crippen molar-refractivity contribution in [2.45, 2.75) is 45.2 Å². The maximum Gasteiger partial charge on any atom is 0.243 e. The maximum absolute atomic E-state index is 14.5. The molecule has 11 heteroatoms. The van der Waals surface area contributed by atoms with Crippen LogP contribution in [0, 0.1) is 5.82 Å². The molecule has 41 heavy (non-hydrogen) atoms. The van der Waals surface area contributed by atoms with E-state index in [1.165, 1.54) is 23.1 Å². The second-order valence-corrected chi connectivity index (χ2v) is 12.3. The highest BCUT2D eigenvalue weighted by Gasteiger charge is 2.31. The number of sulfonamides is 1. The Labute approximate surface area is 251 Å². The largest absolute Gasteiger partial charge is 0.354 e. The van der Waals surface area contributed by atoms with Crippen LogP contribution in [0.25, 0.3) is 0 Å². The van der Waals surface area contributed by atoms with Gasteiger partial charge in [-0.1, -0.05) is 78.7 Å². The van der Waals surface area contributed by atoms with Crippen molar-refractivity contribution in [2.24, 2.45) is 0 Å². The van der Waals surface area contributed by atoms with E-state index in [0.717, 1.165) is 16.1 Å². The van der Waals surface area contributed by atoms with Gasteiger partial charge in [-0.2, -0.15) is 0 Å². The Morgan fingerprint density at radius 1 is 0.951 bits per heavy atom. The minimum Gasteiger partial charge on any atom is -0.354 e. The molecule has 0 saturated heterocycles. The fourth-order valence-electron chi connectivity index (χ4n) is 4.41. The van der Waals surface area contributed by atoms with Gasteiger partial charge in [0.15, 0.2) is 0 Å². The van der Waals surface area contributed by atoms with Gasteiger partial charge < -0.3 is 10.2 Å². The summed E-state index contributed by atoms with van der Waals surface area (Å²) in [6.45, 7) is 2.21. The molecular weight excluding hydrogens is 588 g/mol. The van der Waals surface area contributed by atoms with Gasteiger partial charge in [-0.15, -0.1) is 0 Å². The number of halogens is 3. The predicted octanol–water partition coefficient (Wildman–Crippen LogP) is 5.85. The van der Waals surface area contributed by atoms with Crippen LogP contribution in [0.15, 0.2) is 72.8 Å². The Bertz CT molecular complexity index is 1420. The standard InChI is InChI=1S/C30H34Cl2FN3O4S/c1-3-18-34-30(38)28(20-22-11-5-4-6-12-22)35(21-23-24(31)13-9-14-25(23)32)29(37)17-10-19-36(41(2,39)40)27-16-8-7-15-26(27)33/h4-9,11-16,28H,3,10,17-21H2,1-2H3,(H,34,38). The highest BCUT2D eigenvalue weighted by atomic mass is 35.5. The molecule has 0 fully saturated rings. The Kier molecular flexibility index (Phi) is 12.0. The Morgan fingerprint density at radius 3 is 2.20 bits per heavy atom. The number of carbonyl (C=O) groups excluding carboxylic acids is 2. The quantitative estimate of drug-likeness (QED) is 0.245. The van der Waals surface area contributed by atoms with Crippen LogP contribution >= 0.6 is 23.2 Å². The van der Waals surface area contributed by atoms with Crippen molar-refractivity contribution in [3.05, 3.63) is 99.8 Å². The lowest BCUT2D eigenvalue weighted by Crippen LogP contribution is -2.50. The van der Waals surface area contributed by atoms with Gasteiger partial charge in [-0.25, -0.2) is 12.8 Å². The smallest absolute Gasteiger partial charge is 0.243 e. The molecule has 3 rings (SSSR count).